The highest BCUT2D eigenvalue weighted by atomic mass is 127. The number of benzene rings is 1. The van der Waals surface area contributed by atoms with Gasteiger partial charge in [0.05, 0.1) is 11.1 Å². The minimum absolute atomic E-state index is 0. The van der Waals surface area contributed by atoms with Crippen LogP contribution in [0.3, 0.4) is 0 Å². The Hall–Kier alpha value is -1.64. The molecule has 6 nitrogen and oxygen atoms in total. The van der Waals surface area contributed by atoms with E-state index in [1.165, 1.54) is 37.0 Å². The Bertz CT molecular complexity index is 651. The van der Waals surface area contributed by atoms with E-state index in [4.69, 9.17) is 0 Å². The molecule has 0 aromatic heterocycles. The van der Waals surface area contributed by atoms with Crippen LogP contribution in [0.2, 0.25) is 0 Å². The largest absolute Gasteiger partial charge is 0.356 e. The number of rotatable bonds is 6. The molecule has 0 bridgehead atoms. The van der Waals surface area contributed by atoms with E-state index in [9.17, 15) is 9.59 Å². The summed E-state index contributed by atoms with van der Waals surface area (Å²) in [4.78, 5) is 30.3. The lowest BCUT2D eigenvalue weighted by atomic mass is 9.96. The third kappa shape index (κ3) is 5.43. The van der Waals surface area contributed by atoms with Crippen LogP contribution in [0.5, 0.6) is 0 Å². The number of unbranched alkanes of at least 4 members (excludes halogenated alkanes) is 1. The first-order chi connectivity index (χ1) is 12.7. The Labute approximate surface area is 178 Å². The van der Waals surface area contributed by atoms with Gasteiger partial charge in [-0.1, -0.05) is 31.4 Å². The number of imide groups is 1. The number of halogens is 1. The molecule has 2 aliphatic rings. The molecule has 0 unspecified atom stereocenters. The van der Waals surface area contributed by atoms with Crippen molar-refractivity contribution < 1.29 is 9.59 Å². The van der Waals surface area contributed by atoms with E-state index < -0.39 is 0 Å². The number of nitrogens with one attached hydrogen (secondary N) is 2. The van der Waals surface area contributed by atoms with Crippen LogP contribution in [-0.4, -0.2) is 48.9 Å². The first kappa shape index (κ1) is 21.7. The average Bonchev–Trinajstić information content (AvgIpc) is 2.92. The standard InChI is InChI=1S/C20H28N4O2.HI/c1-21-20(23-15-9-3-2-4-10-15)22-13-7-8-14-24-18(25)16-11-5-6-12-17(16)19(24)26;/h5-6,11-12,15H,2-4,7-10,13-14H2,1H3,(H2,21,22,23);1H. The molecule has 1 heterocycles. The molecule has 1 fully saturated rings. The smallest absolute Gasteiger partial charge is 0.261 e. The van der Waals surface area contributed by atoms with Crippen molar-refractivity contribution in [2.45, 2.75) is 51.0 Å². The maximum absolute atomic E-state index is 12.3. The first-order valence-electron chi connectivity index (χ1n) is 9.63. The average molecular weight is 484 g/mol. The van der Waals surface area contributed by atoms with Crippen molar-refractivity contribution in [2.75, 3.05) is 20.1 Å². The van der Waals surface area contributed by atoms with Crippen LogP contribution >= 0.6 is 24.0 Å². The molecule has 1 saturated carbocycles. The van der Waals surface area contributed by atoms with Gasteiger partial charge in [0.1, 0.15) is 0 Å². The number of nitrogens with zero attached hydrogens (tertiary/aromatic N) is 2. The minimum Gasteiger partial charge on any atom is -0.356 e. The van der Waals surface area contributed by atoms with Crippen LogP contribution in [0.4, 0.5) is 0 Å². The summed E-state index contributed by atoms with van der Waals surface area (Å²) >= 11 is 0. The van der Waals surface area contributed by atoms with Gasteiger partial charge in [0.25, 0.3) is 11.8 Å². The van der Waals surface area contributed by atoms with Crippen molar-refractivity contribution in [3.05, 3.63) is 35.4 Å². The fourth-order valence-electron chi connectivity index (χ4n) is 3.68. The number of guanidine groups is 1. The fraction of sp³-hybridized carbons (Fsp3) is 0.550. The van der Waals surface area contributed by atoms with E-state index in [2.05, 4.69) is 15.6 Å². The monoisotopic (exact) mass is 484 g/mol. The Morgan fingerprint density at radius 1 is 1.07 bits per heavy atom. The maximum atomic E-state index is 12.3. The molecule has 3 rings (SSSR count). The van der Waals surface area contributed by atoms with Gasteiger partial charge in [-0.2, -0.15) is 0 Å². The second-order valence-corrected chi connectivity index (χ2v) is 6.99. The van der Waals surface area contributed by atoms with Crippen molar-refractivity contribution >= 4 is 41.8 Å². The van der Waals surface area contributed by atoms with Crippen molar-refractivity contribution in [1.82, 2.24) is 15.5 Å². The zero-order valence-corrected chi connectivity index (χ0v) is 18.2. The second kappa shape index (κ2) is 10.6. The fourth-order valence-corrected chi connectivity index (χ4v) is 3.68. The molecule has 0 spiro atoms. The zero-order chi connectivity index (χ0) is 18.4. The van der Waals surface area contributed by atoms with Crippen LogP contribution in [0.25, 0.3) is 0 Å². The van der Waals surface area contributed by atoms with Crippen LogP contribution < -0.4 is 10.6 Å². The third-order valence-electron chi connectivity index (χ3n) is 5.15. The van der Waals surface area contributed by atoms with Gasteiger partial charge in [-0.15, -0.1) is 24.0 Å². The Balaban J connectivity index is 0.00000261. The second-order valence-electron chi connectivity index (χ2n) is 6.99. The molecular weight excluding hydrogens is 455 g/mol. The van der Waals surface area contributed by atoms with Crippen LogP contribution in [0, 0.1) is 0 Å². The molecule has 148 valence electrons. The summed E-state index contributed by atoms with van der Waals surface area (Å²) in [6, 6.07) is 7.55. The van der Waals surface area contributed by atoms with E-state index in [1.54, 1.807) is 31.3 Å². The van der Waals surface area contributed by atoms with Gasteiger partial charge in [-0.25, -0.2) is 0 Å². The van der Waals surface area contributed by atoms with Crippen molar-refractivity contribution in [3.63, 3.8) is 0 Å². The van der Waals surface area contributed by atoms with Gasteiger partial charge >= 0.3 is 0 Å². The predicted octanol–water partition coefficient (Wildman–Crippen LogP) is 3.18. The Kier molecular flexibility index (Phi) is 8.53. The summed E-state index contributed by atoms with van der Waals surface area (Å²) in [5, 5.41) is 6.82. The Morgan fingerprint density at radius 2 is 1.70 bits per heavy atom. The molecule has 2 N–H and O–H groups in total. The van der Waals surface area contributed by atoms with E-state index in [0.717, 1.165) is 25.3 Å². The van der Waals surface area contributed by atoms with Crippen molar-refractivity contribution in [1.29, 1.82) is 0 Å². The highest BCUT2D eigenvalue weighted by Crippen LogP contribution is 2.22. The van der Waals surface area contributed by atoms with Gasteiger partial charge in [-0.3, -0.25) is 19.5 Å². The number of hydrogen-bond donors (Lipinski definition) is 2. The summed E-state index contributed by atoms with van der Waals surface area (Å²) in [5.41, 5.74) is 1.04. The van der Waals surface area contributed by atoms with Crippen LogP contribution in [0.1, 0.15) is 65.7 Å². The van der Waals surface area contributed by atoms with Crippen molar-refractivity contribution in [3.8, 4) is 0 Å². The van der Waals surface area contributed by atoms with Crippen LogP contribution in [-0.2, 0) is 0 Å². The number of carbonyl (C=O) groups is 2. The molecule has 1 aliphatic heterocycles. The van der Waals surface area contributed by atoms with E-state index >= 15 is 0 Å². The van der Waals surface area contributed by atoms with Gasteiger partial charge in [0, 0.05) is 26.2 Å². The number of fused-ring (bicyclic) bond motifs is 1. The van der Waals surface area contributed by atoms with Gasteiger partial charge in [-0.05, 0) is 37.8 Å². The zero-order valence-electron chi connectivity index (χ0n) is 15.9. The lowest BCUT2D eigenvalue weighted by molar-refractivity contribution is 0.0652. The van der Waals surface area contributed by atoms with Gasteiger partial charge in [0.2, 0.25) is 0 Å². The molecule has 7 heteroatoms. The summed E-state index contributed by atoms with van der Waals surface area (Å²) in [7, 11) is 1.79. The van der Waals surface area contributed by atoms with E-state index in [0.29, 0.717) is 23.7 Å². The third-order valence-corrected chi connectivity index (χ3v) is 5.15. The molecule has 1 aromatic rings. The first-order valence-corrected chi connectivity index (χ1v) is 9.63. The number of carbonyl (C=O) groups excluding carboxylic acids is 2. The Morgan fingerprint density at radius 3 is 2.30 bits per heavy atom. The number of amides is 2. The molecule has 0 radical (unpaired) electrons. The summed E-state index contributed by atoms with van der Waals surface area (Å²) < 4.78 is 0. The summed E-state index contributed by atoms with van der Waals surface area (Å²) in [5.74, 6) is 0.499. The van der Waals surface area contributed by atoms with E-state index in [-0.39, 0.29) is 35.8 Å². The molecule has 1 aromatic carbocycles. The van der Waals surface area contributed by atoms with Gasteiger partial charge < -0.3 is 10.6 Å². The van der Waals surface area contributed by atoms with Gasteiger partial charge in [0.15, 0.2) is 5.96 Å². The summed E-state index contributed by atoms with van der Waals surface area (Å²) in [6.45, 7) is 1.23. The molecule has 27 heavy (non-hydrogen) atoms. The molecule has 2 amide bonds. The minimum atomic E-state index is -0.173. The molecular formula is C20H29IN4O2. The molecule has 0 atom stereocenters. The normalized spacial score (nSPS) is 17.5. The lowest BCUT2D eigenvalue weighted by Gasteiger charge is -2.25. The quantitative estimate of drug-likeness (QED) is 0.214. The van der Waals surface area contributed by atoms with Crippen molar-refractivity contribution in [2.24, 2.45) is 4.99 Å². The maximum Gasteiger partial charge on any atom is 0.261 e. The predicted molar refractivity (Wildman–Crippen MR) is 118 cm³/mol. The highest BCUT2D eigenvalue weighted by Gasteiger charge is 2.34. The molecule has 0 saturated heterocycles. The topological polar surface area (TPSA) is 73.8 Å². The number of hydrogen-bond acceptors (Lipinski definition) is 3. The SMILES string of the molecule is CN=C(NCCCCN1C(=O)c2ccccc2C1=O)NC1CCCCC1.I. The van der Waals surface area contributed by atoms with Crippen LogP contribution in [0.15, 0.2) is 29.3 Å². The highest BCUT2D eigenvalue weighted by molar-refractivity contribution is 14.0. The number of aliphatic imine (C=N–C) groups is 1. The molecule has 1 aliphatic carbocycles. The summed E-state index contributed by atoms with van der Waals surface area (Å²) in [6.07, 6.45) is 7.98. The lowest BCUT2D eigenvalue weighted by Crippen LogP contribution is -2.44. The van der Waals surface area contributed by atoms with E-state index in [1.807, 2.05) is 0 Å².